The molecule has 1 aromatic carbocycles. The fourth-order valence-electron chi connectivity index (χ4n) is 1.58. The number of hydrogen-bond donors (Lipinski definition) is 2. The molecular weight excluding hydrogens is 233 g/mol. The summed E-state index contributed by atoms with van der Waals surface area (Å²) in [5.41, 5.74) is 0.945. The van der Waals surface area contributed by atoms with Crippen LogP contribution in [0.25, 0.3) is 0 Å². The molecule has 0 saturated heterocycles. The third-order valence-electron chi connectivity index (χ3n) is 2.82. The Bertz CT molecular complexity index is 365. The summed E-state index contributed by atoms with van der Waals surface area (Å²) in [6, 6.07) is 6.16. The molecule has 18 heavy (non-hydrogen) atoms. The number of benzene rings is 1. The first kappa shape index (κ1) is 14.6. The van der Waals surface area contributed by atoms with Crippen molar-refractivity contribution < 1.29 is 14.3 Å². The van der Waals surface area contributed by atoms with Gasteiger partial charge in [0.1, 0.15) is 5.82 Å². The molecule has 100 valence electrons. The summed E-state index contributed by atoms with van der Waals surface area (Å²) in [5, 5.41) is 12.1. The molecule has 0 fully saturated rings. The SMILES string of the molecule is CCC(O)CCNC(=O)CCc1ccc(F)cc1. The summed E-state index contributed by atoms with van der Waals surface area (Å²) in [6.45, 7) is 2.40. The van der Waals surface area contributed by atoms with E-state index in [1.807, 2.05) is 6.92 Å². The van der Waals surface area contributed by atoms with Crippen molar-refractivity contribution in [1.82, 2.24) is 5.32 Å². The predicted octanol–water partition coefficient (Wildman–Crippen LogP) is 2.04. The third kappa shape index (κ3) is 5.77. The molecular formula is C14H20FNO2. The maximum atomic E-state index is 12.7. The number of hydrogen-bond acceptors (Lipinski definition) is 2. The van der Waals surface area contributed by atoms with Gasteiger partial charge < -0.3 is 10.4 Å². The van der Waals surface area contributed by atoms with Gasteiger partial charge in [-0.05, 0) is 37.0 Å². The lowest BCUT2D eigenvalue weighted by Gasteiger charge is -2.08. The topological polar surface area (TPSA) is 49.3 Å². The molecule has 0 saturated carbocycles. The minimum atomic E-state index is -0.345. The molecule has 1 rings (SSSR count). The van der Waals surface area contributed by atoms with Crippen LogP contribution in [0.3, 0.4) is 0 Å². The highest BCUT2D eigenvalue weighted by Crippen LogP contribution is 2.05. The first-order valence-corrected chi connectivity index (χ1v) is 6.31. The number of amides is 1. The van der Waals surface area contributed by atoms with Crippen LogP contribution in [0, 0.1) is 5.82 Å². The van der Waals surface area contributed by atoms with E-state index in [2.05, 4.69) is 5.32 Å². The monoisotopic (exact) mass is 253 g/mol. The van der Waals surface area contributed by atoms with E-state index in [-0.39, 0.29) is 17.8 Å². The number of carbonyl (C=O) groups is 1. The number of nitrogens with one attached hydrogen (secondary N) is 1. The second-order valence-electron chi connectivity index (χ2n) is 4.33. The lowest BCUT2D eigenvalue weighted by Crippen LogP contribution is -2.27. The van der Waals surface area contributed by atoms with Crippen LogP contribution in [0.2, 0.25) is 0 Å². The molecule has 1 atom stereocenters. The first-order chi connectivity index (χ1) is 8.61. The molecule has 2 N–H and O–H groups in total. The predicted molar refractivity (Wildman–Crippen MR) is 68.6 cm³/mol. The van der Waals surface area contributed by atoms with Crippen LogP contribution >= 0.6 is 0 Å². The molecule has 0 radical (unpaired) electrons. The molecule has 3 nitrogen and oxygen atoms in total. The molecule has 0 aliphatic carbocycles. The van der Waals surface area contributed by atoms with Gasteiger partial charge in [0.2, 0.25) is 5.91 Å². The van der Waals surface area contributed by atoms with Crippen LogP contribution in [0.5, 0.6) is 0 Å². The van der Waals surface area contributed by atoms with Gasteiger partial charge >= 0.3 is 0 Å². The summed E-state index contributed by atoms with van der Waals surface area (Å²) in [6.07, 6.45) is 1.92. The Morgan fingerprint density at radius 3 is 2.67 bits per heavy atom. The van der Waals surface area contributed by atoms with Crippen LogP contribution in [0.1, 0.15) is 31.7 Å². The summed E-state index contributed by atoms with van der Waals surface area (Å²) < 4.78 is 12.7. The van der Waals surface area contributed by atoms with Crippen molar-refractivity contribution in [3.05, 3.63) is 35.6 Å². The maximum Gasteiger partial charge on any atom is 0.220 e. The van der Waals surface area contributed by atoms with E-state index in [1.54, 1.807) is 12.1 Å². The summed E-state index contributed by atoms with van der Waals surface area (Å²) in [5.74, 6) is -0.306. The van der Waals surface area contributed by atoms with Gasteiger partial charge in [-0.3, -0.25) is 4.79 Å². The normalized spacial score (nSPS) is 12.2. The van der Waals surface area contributed by atoms with E-state index in [0.29, 0.717) is 32.2 Å². The van der Waals surface area contributed by atoms with Crippen molar-refractivity contribution in [3.63, 3.8) is 0 Å². The first-order valence-electron chi connectivity index (χ1n) is 6.31. The van der Waals surface area contributed by atoms with Gasteiger partial charge in [0.05, 0.1) is 6.10 Å². The maximum absolute atomic E-state index is 12.7. The molecule has 0 aromatic heterocycles. The van der Waals surface area contributed by atoms with Gasteiger partial charge in [-0.15, -0.1) is 0 Å². The van der Waals surface area contributed by atoms with E-state index >= 15 is 0 Å². The Morgan fingerprint density at radius 1 is 1.39 bits per heavy atom. The molecule has 0 aliphatic rings. The van der Waals surface area contributed by atoms with Crippen LogP contribution in [-0.2, 0) is 11.2 Å². The van der Waals surface area contributed by atoms with Crippen LogP contribution in [0.15, 0.2) is 24.3 Å². The number of halogens is 1. The van der Waals surface area contributed by atoms with Gasteiger partial charge in [-0.25, -0.2) is 4.39 Å². The molecule has 1 amide bonds. The Labute approximate surface area is 107 Å². The number of aliphatic hydroxyl groups is 1. The average Bonchev–Trinajstić information content (AvgIpc) is 2.38. The fourth-order valence-corrected chi connectivity index (χ4v) is 1.58. The smallest absolute Gasteiger partial charge is 0.220 e. The minimum Gasteiger partial charge on any atom is -0.393 e. The quantitative estimate of drug-likeness (QED) is 0.781. The minimum absolute atomic E-state index is 0.0392. The Balaban J connectivity index is 2.19. The lowest BCUT2D eigenvalue weighted by atomic mass is 10.1. The second kappa shape index (κ2) is 7.82. The number of carbonyl (C=O) groups excluding carboxylic acids is 1. The summed E-state index contributed by atoms with van der Waals surface area (Å²) in [7, 11) is 0. The van der Waals surface area contributed by atoms with E-state index in [9.17, 15) is 14.3 Å². The highest BCUT2D eigenvalue weighted by Gasteiger charge is 2.04. The summed E-state index contributed by atoms with van der Waals surface area (Å²) >= 11 is 0. The van der Waals surface area contributed by atoms with Gasteiger partial charge in [-0.1, -0.05) is 19.1 Å². The van der Waals surface area contributed by atoms with Crippen molar-refractivity contribution >= 4 is 5.91 Å². The largest absolute Gasteiger partial charge is 0.393 e. The van der Waals surface area contributed by atoms with Crippen LogP contribution in [-0.4, -0.2) is 23.7 Å². The Morgan fingerprint density at radius 2 is 2.06 bits per heavy atom. The molecule has 1 aromatic rings. The van der Waals surface area contributed by atoms with Gasteiger partial charge in [0, 0.05) is 13.0 Å². The molecule has 0 bridgehead atoms. The van der Waals surface area contributed by atoms with Gasteiger partial charge in [-0.2, -0.15) is 0 Å². The molecule has 0 spiro atoms. The van der Waals surface area contributed by atoms with Crippen molar-refractivity contribution in [1.29, 1.82) is 0 Å². The number of rotatable bonds is 7. The lowest BCUT2D eigenvalue weighted by molar-refractivity contribution is -0.121. The fraction of sp³-hybridized carbons (Fsp3) is 0.500. The zero-order chi connectivity index (χ0) is 13.4. The van der Waals surface area contributed by atoms with Crippen LogP contribution < -0.4 is 5.32 Å². The molecule has 1 unspecified atom stereocenters. The van der Waals surface area contributed by atoms with E-state index < -0.39 is 0 Å². The van der Waals surface area contributed by atoms with Crippen LogP contribution in [0.4, 0.5) is 4.39 Å². The van der Waals surface area contributed by atoms with Gasteiger partial charge in [0.15, 0.2) is 0 Å². The average molecular weight is 253 g/mol. The highest BCUT2D eigenvalue weighted by atomic mass is 19.1. The number of aliphatic hydroxyl groups excluding tert-OH is 1. The van der Waals surface area contributed by atoms with E-state index in [0.717, 1.165) is 5.56 Å². The standard InChI is InChI=1S/C14H20FNO2/c1-2-13(17)9-10-16-14(18)8-5-11-3-6-12(15)7-4-11/h3-4,6-7,13,17H,2,5,8-10H2,1H3,(H,16,18). The Kier molecular flexibility index (Phi) is 6.36. The zero-order valence-corrected chi connectivity index (χ0v) is 10.7. The summed E-state index contributed by atoms with van der Waals surface area (Å²) in [4.78, 5) is 11.5. The van der Waals surface area contributed by atoms with E-state index in [1.165, 1.54) is 12.1 Å². The van der Waals surface area contributed by atoms with Crippen molar-refractivity contribution in [2.24, 2.45) is 0 Å². The Hall–Kier alpha value is -1.42. The molecule has 0 heterocycles. The van der Waals surface area contributed by atoms with E-state index in [4.69, 9.17) is 0 Å². The molecule has 4 heteroatoms. The van der Waals surface area contributed by atoms with Crippen molar-refractivity contribution in [2.75, 3.05) is 6.54 Å². The number of aryl methyl sites for hydroxylation is 1. The van der Waals surface area contributed by atoms with Gasteiger partial charge in [0.25, 0.3) is 0 Å². The van der Waals surface area contributed by atoms with Crippen molar-refractivity contribution in [2.45, 2.75) is 38.7 Å². The molecule has 0 aliphatic heterocycles. The van der Waals surface area contributed by atoms with Crippen molar-refractivity contribution in [3.8, 4) is 0 Å². The zero-order valence-electron chi connectivity index (χ0n) is 10.7. The second-order valence-corrected chi connectivity index (χ2v) is 4.33. The highest BCUT2D eigenvalue weighted by molar-refractivity contribution is 5.76. The third-order valence-corrected chi connectivity index (χ3v) is 2.82.